The van der Waals surface area contributed by atoms with Gasteiger partial charge in [0.25, 0.3) is 0 Å². The summed E-state index contributed by atoms with van der Waals surface area (Å²) in [7, 11) is 4.05. The molecule has 0 bridgehead atoms. The van der Waals surface area contributed by atoms with Crippen LogP contribution in [0.4, 0.5) is 10.5 Å². The van der Waals surface area contributed by atoms with E-state index in [1.54, 1.807) is 0 Å². The number of amides is 2. The maximum atomic E-state index is 11.4. The topological polar surface area (TPSA) is 44.4 Å². The smallest absolute Gasteiger partial charge is 0.315 e. The van der Waals surface area contributed by atoms with Gasteiger partial charge in [0.05, 0.1) is 0 Å². The van der Waals surface area contributed by atoms with Gasteiger partial charge in [0.1, 0.15) is 0 Å². The number of carbonyl (C=O) groups is 1. The summed E-state index contributed by atoms with van der Waals surface area (Å²) in [5.41, 5.74) is 2.44. The van der Waals surface area contributed by atoms with Crippen molar-refractivity contribution in [1.29, 1.82) is 0 Å². The quantitative estimate of drug-likeness (QED) is 0.832. The maximum Gasteiger partial charge on any atom is 0.315 e. The van der Waals surface area contributed by atoms with Gasteiger partial charge in [-0.1, -0.05) is 12.1 Å². The first-order valence-electron chi connectivity index (χ1n) is 6.46. The fourth-order valence-electron chi connectivity index (χ4n) is 1.75. The molecule has 4 nitrogen and oxygen atoms in total. The van der Waals surface area contributed by atoms with Crippen molar-refractivity contribution in [2.45, 2.75) is 25.3 Å². The van der Waals surface area contributed by atoms with Gasteiger partial charge < -0.3 is 15.5 Å². The molecule has 0 heterocycles. The lowest BCUT2D eigenvalue weighted by molar-refractivity contribution is 0.240. The van der Waals surface area contributed by atoms with E-state index in [1.807, 2.05) is 14.1 Å². The van der Waals surface area contributed by atoms with Crippen LogP contribution in [-0.2, 0) is 6.42 Å². The summed E-state index contributed by atoms with van der Waals surface area (Å²) < 4.78 is 0. The molecule has 0 spiro atoms. The van der Waals surface area contributed by atoms with E-state index in [9.17, 15) is 4.79 Å². The van der Waals surface area contributed by atoms with Crippen molar-refractivity contribution in [2.75, 3.05) is 25.5 Å². The minimum atomic E-state index is -0.0394. The van der Waals surface area contributed by atoms with E-state index < -0.39 is 0 Å². The molecular formula is C14H21N3O. The van der Waals surface area contributed by atoms with E-state index in [-0.39, 0.29) is 6.03 Å². The Balaban J connectivity index is 1.70. The zero-order chi connectivity index (χ0) is 13.0. The Morgan fingerprint density at radius 1 is 1.28 bits per heavy atom. The van der Waals surface area contributed by atoms with Crippen LogP contribution in [0.3, 0.4) is 0 Å². The first kappa shape index (κ1) is 12.7. The van der Waals surface area contributed by atoms with Crippen molar-refractivity contribution >= 4 is 11.7 Å². The van der Waals surface area contributed by atoms with Gasteiger partial charge in [0.2, 0.25) is 0 Å². The molecule has 4 heteroatoms. The fraction of sp³-hybridized carbons (Fsp3) is 0.500. The van der Waals surface area contributed by atoms with Gasteiger partial charge in [-0.25, -0.2) is 4.79 Å². The van der Waals surface area contributed by atoms with E-state index in [4.69, 9.17) is 0 Å². The molecule has 0 radical (unpaired) electrons. The molecule has 1 aromatic carbocycles. The first-order chi connectivity index (χ1) is 8.65. The van der Waals surface area contributed by atoms with Gasteiger partial charge in [0.15, 0.2) is 0 Å². The van der Waals surface area contributed by atoms with Crippen LogP contribution in [0.25, 0.3) is 0 Å². The molecule has 18 heavy (non-hydrogen) atoms. The van der Waals surface area contributed by atoms with Gasteiger partial charge in [-0.3, -0.25) is 0 Å². The third kappa shape index (κ3) is 3.95. The van der Waals surface area contributed by atoms with Crippen LogP contribution in [0.1, 0.15) is 18.4 Å². The maximum absolute atomic E-state index is 11.4. The van der Waals surface area contributed by atoms with Crippen LogP contribution in [0.5, 0.6) is 0 Å². The molecule has 1 fully saturated rings. The third-order valence-electron chi connectivity index (χ3n) is 3.06. The van der Waals surface area contributed by atoms with Crippen LogP contribution in [0, 0.1) is 0 Å². The highest BCUT2D eigenvalue weighted by Crippen LogP contribution is 2.18. The lowest BCUT2D eigenvalue weighted by atomic mass is 10.1. The number of urea groups is 1. The number of anilines is 1. The Bertz CT molecular complexity index is 396. The number of benzene rings is 1. The summed E-state index contributed by atoms with van der Waals surface area (Å²) in [6.45, 7) is 0.680. The summed E-state index contributed by atoms with van der Waals surface area (Å²) in [5, 5.41) is 5.79. The molecule has 0 atom stereocenters. The highest BCUT2D eigenvalue weighted by atomic mass is 16.2. The van der Waals surface area contributed by atoms with Crippen LogP contribution in [0.2, 0.25) is 0 Å². The zero-order valence-corrected chi connectivity index (χ0v) is 11.1. The second-order valence-corrected chi connectivity index (χ2v) is 4.99. The lowest BCUT2D eigenvalue weighted by Crippen LogP contribution is -2.37. The zero-order valence-electron chi connectivity index (χ0n) is 11.1. The molecule has 2 rings (SSSR count). The molecule has 1 aliphatic carbocycles. The number of hydrogen-bond donors (Lipinski definition) is 2. The molecule has 1 aromatic rings. The Morgan fingerprint density at radius 2 is 1.94 bits per heavy atom. The summed E-state index contributed by atoms with van der Waals surface area (Å²) in [6, 6.07) is 8.79. The van der Waals surface area contributed by atoms with E-state index >= 15 is 0 Å². The van der Waals surface area contributed by atoms with Crippen LogP contribution in [0.15, 0.2) is 24.3 Å². The largest absolute Gasteiger partial charge is 0.378 e. The third-order valence-corrected chi connectivity index (χ3v) is 3.06. The lowest BCUT2D eigenvalue weighted by Gasteiger charge is -2.12. The highest BCUT2D eigenvalue weighted by Gasteiger charge is 2.22. The monoisotopic (exact) mass is 247 g/mol. The van der Waals surface area contributed by atoms with Gasteiger partial charge in [-0.2, -0.15) is 0 Å². The van der Waals surface area contributed by atoms with Crippen molar-refractivity contribution in [3.8, 4) is 0 Å². The minimum Gasteiger partial charge on any atom is -0.378 e. The van der Waals surface area contributed by atoms with Crippen molar-refractivity contribution in [3.63, 3.8) is 0 Å². The van der Waals surface area contributed by atoms with Crippen LogP contribution < -0.4 is 15.5 Å². The number of nitrogens with one attached hydrogen (secondary N) is 2. The van der Waals surface area contributed by atoms with Crippen LogP contribution >= 0.6 is 0 Å². The summed E-state index contributed by atoms with van der Waals surface area (Å²) in [4.78, 5) is 13.5. The van der Waals surface area contributed by atoms with Crippen LogP contribution in [-0.4, -0.2) is 32.7 Å². The van der Waals surface area contributed by atoms with Crippen molar-refractivity contribution in [1.82, 2.24) is 10.6 Å². The summed E-state index contributed by atoms with van der Waals surface area (Å²) >= 11 is 0. The Morgan fingerprint density at radius 3 is 2.50 bits per heavy atom. The van der Waals surface area contributed by atoms with E-state index in [0.717, 1.165) is 19.3 Å². The average molecular weight is 247 g/mol. The van der Waals surface area contributed by atoms with Crippen molar-refractivity contribution in [2.24, 2.45) is 0 Å². The number of hydrogen-bond acceptors (Lipinski definition) is 2. The number of carbonyl (C=O) groups excluding carboxylic acids is 1. The Labute approximate surface area is 108 Å². The normalized spacial score (nSPS) is 14.1. The molecule has 2 N–H and O–H groups in total. The average Bonchev–Trinajstić information content (AvgIpc) is 3.13. The second kappa shape index (κ2) is 5.76. The fourth-order valence-corrected chi connectivity index (χ4v) is 1.75. The molecule has 1 saturated carbocycles. The molecule has 0 aromatic heterocycles. The number of nitrogens with zero attached hydrogens (tertiary/aromatic N) is 1. The van der Waals surface area contributed by atoms with E-state index in [0.29, 0.717) is 12.6 Å². The summed E-state index contributed by atoms with van der Waals surface area (Å²) in [5.74, 6) is 0. The highest BCUT2D eigenvalue weighted by molar-refractivity contribution is 5.74. The molecule has 0 aliphatic heterocycles. The predicted molar refractivity (Wildman–Crippen MR) is 74.0 cm³/mol. The molecule has 0 unspecified atom stereocenters. The number of rotatable bonds is 5. The molecule has 98 valence electrons. The predicted octanol–water partition coefficient (Wildman–Crippen LogP) is 1.76. The van der Waals surface area contributed by atoms with E-state index in [1.165, 1.54) is 11.3 Å². The standard InChI is InChI=1S/C14H21N3O/c1-17(2)13-7-3-11(4-8-13)9-10-15-14(18)16-12-5-6-12/h3-4,7-8,12H,5-6,9-10H2,1-2H3,(H2,15,16,18). The molecule has 2 amide bonds. The Kier molecular flexibility index (Phi) is 4.07. The Hall–Kier alpha value is -1.71. The van der Waals surface area contributed by atoms with Gasteiger partial charge in [-0.05, 0) is 37.0 Å². The van der Waals surface area contributed by atoms with E-state index in [2.05, 4.69) is 39.8 Å². The van der Waals surface area contributed by atoms with Crippen molar-refractivity contribution in [3.05, 3.63) is 29.8 Å². The summed E-state index contributed by atoms with van der Waals surface area (Å²) in [6.07, 6.45) is 3.12. The molecule has 0 saturated heterocycles. The second-order valence-electron chi connectivity index (χ2n) is 4.99. The minimum absolute atomic E-state index is 0.0394. The van der Waals surface area contributed by atoms with Gasteiger partial charge >= 0.3 is 6.03 Å². The van der Waals surface area contributed by atoms with Gasteiger partial charge in [0, 0.05) is 32.4 Å². The molecular weight excluding hydrogens is 226 g/mol. The van der Waals surface area contributed by atoms with Crippen molar-refractivity contribution < 1.29 is 4.79 Å². The first-order valence-corrected chi connectivity index (χ1v) is 6.46. The van der Waals surface area contributed by atoms with Gasteiger partial charge in [-0.15, -0.1) is 0 Å². The SMILES string of the molecule is CN(C)c1ccc(CCNC(=O)NC2CC2)cc1. The molecule has 1 aliphatic rings.